The van der Waals surface area contributed by atoms with E-state index in [2.05, 4.69) is 241 Å². The molecule has 0 heterocycles. The SMILES string of the molecule is N#Cc1c(I)cc(-c2ccc(Cc3ccc(-c4cc(I)c(C#N)c(I)c4)c(I)c3I)c(I)c2I)cc1I. The van der Waals surface area contributed by atoms with Crippen molar-refractivity contribution in [1.82, 2.24) is 0 Å². The van der Waals surface area contributed by atoms with Crippen LogP contribution in [0.15, 0.2) is 48.5 Å². The standard InChI is InChI=1S/C27H10I8N2/c28-20-6-14(7-21(29)18(20)10-36)16-3-1-12(24(32)26(16)34)5-13-2-4-17(27(35)25(13)33)15-8-22(30)19(11-37)23(31)9-15/h1-4,6-9H,5H2. The minimum absolute atomic E-state index is 0.740. The van der Waals surface area contributed by atoms with Gasteiger partial charge in [0.15, 0.2) is 0 Å². The van der Waals surface area contributed by atoms with Crippen molar-refractivity contribution >= 4 is 181 Å². The number of halogens is 8. The average Bonchev–Trinajstić information content (AvgIpc) is 2.84. The van der Waals surface area contributed by atoms with Crippen LogP contribution in [0.3, 0.4) is 0 Å². The van der Waals surface area contributed by atoms with E-state index in [4.69, 9.17) is 0 Å². The van der Waals surface area contributed by atoms with E-state index >= 15 is 0 Å². The predicted octanol–water partition coefficient (Wildman–Crippen LogP) is 11.2. The Morgan fingerprint density at radius 1 is 0.486 bits per heavy atom. The van der Waals surface area contributed by atoms with Gasteiger partial charge in [0.2, 0.25) is 0 Å². The number of hydrogen-bond donors (Lipinski definition) is 0. The van der Waals surface area contributed by atoms with E-state index in [1.165, 1.54) is 36.5 Å². The summed E-state index contributed by atoms with van der Waals surface area (Å²) in [5, 5.41) is 18.9. The number of benzene rings is 4. The maximum absolute atomic E-state index is 9.43. The molecule has 0 fully saturated rings. The van der Waals surface area contributed by atoms with Crippen LogP contribution in [-0.2, 0) is 6.42 Å². The Balaban J connectivity index is 1.70. The van der Waals surface area contributed by atoms with Gasteiger partial charge in [0.05, 0.1) is 11.1 Å². The third kappa shape index (κ3) is 6.86. The molecule has 4 aromatic carbocycles. The zero-order chi connectivity index (χ0) is 27.0. The maximum atomic E-state index is 9.43. The normalized spacial score (nSPS) is 10.8. The summed E-state index contributed by atoms with van der Waals surface area (Å²) in [7, 11) is 0. The van der Waals surface area contributed by atoms with Crippen LogP contribution in [0.1, 0.15) is 22.3 Å². The Labute approximate surface area is 325 Å². The first-order chi connectivity index (χ1) is 17.6. The summed E-state index contributed by atoms with van der Waals surface area (Å²) in [5.74, 6) is 0. The summed E-state index contributed by atoms with van der Waals surface area (Å²) in [6.07, 6.45) is 0.855. The minimum atomic E-state index is 0.740. The van der Waals surface area contributed by atoms with E-state index in [0.717, 1.165) is 43.0 Å². The zero-order valence-electron chi connectivity index (χ0n) is 18.2. The van der Waals surface area contributed by atoms with E-state index in [1.54, 1.807) is 0 Å². The minimum Gasteiger partial charge on any atom is -0.192 e. The average molecular weight is 1380 g/mol. The van der Waals surface area contributed by atoms with Crippen molar-refractivity contribution < 1.29 is 0 Å². The number of nitriles is 2. The summed E-state index contributed by atoms with van der Waals surface area (Å²) in [6, 6.07) is 21.9. The van der Waals surface area contributed by atoms with Gasteiger partial charge >= 0.3 is 0 Å². The van der Waals surface area contributed by atoms with E-state index in [0.29, 0.717) is 0 Å². The summed E-state index contributed by atoms with van der Waals surface area (Å²) < 4.78 is 8.90. The Bertz CT molecular complexity index is 1500. The van der Waals surface area contributed by atoms with E-state index < -0.39 is 0 Å². The highest BCUT2D eigenvalue weighted by atomic mass is 127. The smallest absolute Gasteiger partial charge is 0.101 e. The van der Waals surface area contributed by atoms with Crippen LogP contribution in [-0.4, -0.2) is 0 Å². The van der Waals surface area contributed by atoms with Crippen molar-refractivity contribution in [1.29, 1.82) is 10.5 Å². The first kappa shape index (κ1) is 31.6. The van der Waals surface area contributed by atoms with Gasteiger partial charge in [-0.1, -0.05) is 24.3 Å². The molecule has 2 nitrogen and oxygen atoms in total. The number of rotatable bonds is 4. The van der Waals surface area contributed by atoms with Gasteiger partial charge in [-0.3, -0.25) is 0 Å². The van der Waals surface area contributed by atoms with Crippen LogP contribution in [0.5, 0.6) is 0 Å². The quantitative estimate of drug-likeness (QED) is 0.191. The summed E-state index contributed by atoms with van der Waals surface area (Å²) in [6.45, 7) is 0. The Kier molecular flexibility index (Phi) is 11.8. The van der Waals surface area contributed by atoms with Crippen LogP contribution in [0, 0.1) is 51.2 Å². The third-order valence-electron chi connectivity index (χ3n) is 5.64. The van der Waals surface area contributed by atoms with Crippen LogP contribution in [0.2, 0.25) is 0 Å². The molecule has 0 atom stereocenters. The van der Waals surface area contributed by atoms with Crippen LogP contribution in [0.25, 0.3) is 22.3 Å². The van der Waals surface area contributed by atoms with Gasteiger partial charge in [-0.05, 0) is 245 Å². The molecule has 0 aliphatic carbocycles. The Hall–Kier alpha value is 1.70. The van der Waals surface area contributed by atoms with Gasteiger partial charge in [0, 0.05) is 28.6 Å². The van der Waals surface area contributed by atoms with Crippen LogP contribution >= 0.6 is 181 Å². The number of nitrogens with zero attached hydrogens (tertiary/aromatic N) is 2. The first-order valence-electron chi connectivity index (χ1n) is 10.3. The topological polar surface area (TPSA) is 47.6 Å². The molecule has 0 aliphatic rings. The molecule has 4 aromatic rings. The molecule has 0 saturated carbocycles. The van der Waals surface area contributed by atoms with Crippen LogP contribution < -0.4 is 0 Å². The molecule has 10 heteroatoms. The second-order valence-electron chi connectivity index (χ2n) is 7.83. The lowest BCUT2D eigenvalue weighted by atomic mass is 9.98. The molecule has 0 aliphatic heterocycles. The van der Waals surface area contributed by atoms with E-state index in [9.17, 15) is 10.5 Å². The van der Waals surface area contributed by atoms with Gasteiger partial charge in [-0.25, -0.2) is 0 Å². The third-order valence-corrected chi connectivity index (χ3v) is 15.8. The van der Waals surface area contributed by atoms with Gasteiger partial charge in [0.1, 0.15) is 12.1 Å². The summed E-state index contributed by atoms with van der Waals surface area (Å²) in [4.78, 5) is 0. The fourth-order valence-electron chi connectivity index (χ4n) is 3.77. The van der Waals surface area contributed by atoms with Crippen LogP contribution in [0.4, 0.5) is 0 Å². The molecule has 184 valence electrons. The zero-order valence-corrected chi connectivity index (χ0v) is 35.5. The molecular formula is C27H10I8N2. The molecule has 0 saturated heterocycles. The Morgan fingerprint density at radius 3 is 1.11 bits per heavy atom. The first-order valence-corrected chi connectivity index (χ1v) is 18.9. The van der Waals surface area contributed by atoms with Crippen molar-refractivity contribution in [3.63, 3.8) is 0 Å². The lowest BCUT2D eigenvalue weighted by molar-refractivity contribution is 1.15. The van der Waals surface area contributed by atoms with Crippen molar-refractivity contribution in [2.45, 2.75) is 6.42 Å². The van der Waals surface area contributed by atoms with Gasteiger partial charge < -0.3 is 0 Å². The van der Waals surface area contributed by atoms with Gasteiger partial charge in [-0.15, -0.1) is 0 Å². The molecule has 0 N–H and O–H groups in total. The van der Waals surface area contributed by atoms with E-state index in [-0.39, 0.29) is 0 Å². The molecule has 0 unspecified atom stereocenters. The van der Waals surface area contributed by atoms with E-state index in [1.807, 2.05) is 0 Å². The second kappa shape index (κ2) is 13.8. The maximum Gasteiger partial charge on any atom is 0.101 e. The van der Waals surface area contributed by atoms with Crippen molar-refractivity contribution in [3.8, 4) is 34.4 Å². The molecule has 37 heavy (non-hydrogen) atoms. The summed E-state index contributed by atoms with van der Waals surface area (Å²) >= 11 is 18.9. The lowest BCUT2D eigenvalue weighted by Crippen LogP contribution is -2.01. The van der Waals surface area contributed by atoms with Crippen molar-refractivity contribution in [2.24, 2.45) is 0 Å². The highest BCUT2D eigenvalue weighted by Gasteiger charge is 2.17. The Morgan fingerprint density at radius 2 is 0.811 bits per heavy atom. The molecule has 0 aromatic heterocycles. The van der Waals surface area contributed by atoms with Gasteiger partial charge in [0.25, 0.3) is 0 Å². The highest BCUT2D eigenvalue weighted by molar-refractivity contribution is 14.1. The largest absolute Gasteiger partial charge is 0.192 e. The molecule has 0 spiro atoms. The molecule has 4 rings (SSSR count). The van der Waals surface area contributed by atoms with Gasteiger partial charge in [-0.2, -0.15) is 10.5 Å². The second-order valence-corrected chi connectivity index (χ2v) is 16.8. The van der Waals surface area contributed by atoms with Crippen molar-refractivity contribution in [2.75, 3.05) is 0 Å². The fourth-order valence-corrected chi connectivity index (χ4v) is 10.8. The molecular weight excluding hydrogens is 1370 g/mol. The molecule has 0 radical (unpaired) electrons. The predicted molar refractivity (Wildman–Crippen MR) is 218 cm³/mol. The monoisotopic (exact) mass is 1380 g/mol. The lowest BCUT2D eigenvalue weighted by Gasteiger charge is -2.16. The highest BCUT2D eigenvalue weighted by Crippen LogP contribution is 2.37. The fraction of sp³-hybridized carbons (Fsp3) is 0.0370. The number of hydrogen-bond acceptors (Lipinski definition) is 2. The molecule has 0 amide bonds. The summed E-state index contributed by atoms with van der Waals surface area (Å²) in [5.41, 5.74) is 8.75. The molecule has 0 bridgehead atoms. The van der Waals surface area contributed by atoms with Crippen molar-refractivity contribution in [3.05, 3.63) is 99.3 Å².